The van der Waals surface area contributed by atoms with Gasteiger partial charge < -0.3 is 10.0 Å². The van der Waals surface area contributed by atoms with E-state index in [4.69, 9.17) is 0 Å². The zero-order valence-electron chi connectivity index (χ0n) is 9.65. The van der Waals surface area contributed by atoms with E-state index in [0.717, 1.165) is 18.7 Å². The summed E-state index contributed by atoms with van der Waals surface area (Å²) in [6.45, 7) is 5.18. The van der Waals surface area contributed by atoms with Crippen LogP contribution in [-0.2, 0) is 0 Å². The Labute approximate surface area is 94.9 Å². The average Bonchev–Trinajstić information content (AvgIpc) is 2.64. The first kappa shape index (κ1) is 11.3. The Morgan fingerprint density at radius 2 is 2.31 bits per heavy atom. The highest BCUT2D eigenvalue weighted by Crippen LogP contribution is 2.24. The van der Waals surface area contributed by atoms with Crippen molar-refractivity contribution < 1.29 is 9.50 Å². The minimum atomic E-state index is -0.298. The van der Waals surface area contributed by atoms with Gasteiger partial charge in [0.25, 0.3) is 0 Å². The van der Waals surface area contributed by atoms with E-state index in [1.54, 1.807) is 6.20 Å². The van der Waals surface area contributed by atoms with Crippen molar-refractivity contribution in [3.8, 4) is 0 Å². The lowest BCUT2D eigenvalue weighted by Crippen LogP contribution is -2.21. The lowest BCUT2D eigenvalue weighted by Gasteiger charge is -2.18. The monoisotopic (exact) mass is 224 g/mol. The maximum absolute atomic E-state index is 13.7. The molecular weight excluding hydrogens is 207 g/mol. The van der Waals surface area contributed by atoms with Gasteiger partial charge in [-0.05, 0) is 12.3 Å². The summed E-state index contributed by atoms with van der Waals surface area (Å²) in [5.41, 5.74) is 1.27. The number of aliphatic hydroxyl groups excluding tert-OH is 1. The van der Waals surface area contributed by atoms with Gasteiger partial charge in [-0.1, -0.05) is 13.8 Å². The van der Waals surface area contributed by atoms with Gasteiger partial charge in [0.15, 0.2) is 0 Å². The molecule has 1 aromatic rings. The van der Waals surface area contributed by atoms with Crippen molar-refractivity contribution >= 4 is 5.69 Å². The van der Waals surface area contributed by atoms with Crippen molar-refractivity contribution in [2.24, 2.45) is 0 Å². The number of aliphatic hydroxyl groups is 1. The smallest absolute Gasteiger partial charge is 0.147 e. The standard InChI is InChI=1S/C12H17FN2O/c1-8(2)12-11(13)5-9(6-14-12)15-4-3-10(16)7-15/h5-6,8,10,16H,3-4,7H2,1-2H3. The molecule has 1 atom stereocenters. The molecule has 3 nitrogen and oxygen atoms in total. The summed E-state index contributed by atoms with van der Waals surface area (Å²) in [6.07, 6.45) is 2.14. The van der Waals surface area contributed by atoms with Crippen molar-refractivity contribution in [1.29, 1.82) is 0 Å². The fourth-order valence-electron chi connectivity index (χ4n) is 2.01. The van der Waals surface area contributed by atoms with E-state index in [-0.39, 0.29) is 17.8 Å². The maximum Gasteiger partial charge on any atom is 0.147 e. The molecule has 88 valence electrons. The Bertz CT molecular complexity index is 381. The van der Waals surface area contributed by atoms with E-state index in [1.165, 1.54) is 6.07 Å². The Hall–Kier alpha value is -1.16. The third-order valence-corrected chi connectivity index (χ3v) is 2.93. The quantitative estimate of drug-likeness (QED) is 0.833. The molecule has 0 aliphatic carbocycles. The second kappa shape index (κ2) is 4.37. The van der Waals surface area contributed by atoms with Gasteiger partial charge in [-0.25, -0.2) is 4.39 Å². The van der Waals surface area contributed by atoms with Crippen LogP contribution in [0.25, 0.3) is 0 Å². The molecule has 16 heavy (non-hydrogen) atoms. The molecule has 0 radical (unpaired) electrons. The van der Waals surface area contributed by atoms with E-state index in [1.807, 2.05) is 18.7 Å². The normalized spacial score (nSPS) is 20.8. The molecule has 2 rings (SSSR count). The molecule has 0 spiro atoms. The lowest BCUT2D eigenvalue weighted by atomic mass is 10.1. The van der Waals surface area contributed by atoms with E-state index >= 15 is 0 Å². The molecule has 1 unspecified atom stereocenters. The largest absolute Gasteiger partial charge is 0.391 e. The van der Waals surface area contributed by atoms with Gasteiger partial charge in [0, 0.05) is 19.2 Å². The molecule has 1 saturated heterocycles. The van der Waals surface area contributed by atoms with Gasteiger partial charge >= 0.3 is 0 Å². The number of anilines is 1. The molecule has 1 fully saturated rings. The number of rotatable bonds is 2. The SMILES string of the molecule is CC(C)c1ncc(N2CCC(O)C2)cc1F. The Morgan fingerprint density at radius 1 is 1.56 bits per heavy atom. The minimum Gasteiger partial charge on any atom is -0.391 e. The molecule has 0 saturated carbocycles. The Kier molecular flexibility index (Phi) is 3.10. The minimum absolute atomic E-state index is 0.0956. The van der Waals surface area contributed by atoms with Crippen molar-refractivity contribution in [3.63, 3.8) is 0 Å². The highest BCUT2D eigenvalue weighted by molar-refractivity contribution is 5.46. The van der Waals surface area contributed by atoms with Crippen LogP contribution in [0.1, 0.15) is 31.9 Å². The number of halogens is 1. The number of hydrogen-bond acceptors (Lipinski definition) is 3. The number of hydrogen-bond donors (Lipinski definition) is 1. The zero-order chi connectivity index (χ0) is 11.7. The number of nitrogens with zero attached hydrogens (tertiary/aromatic N) is 2. The first-order valence-electron chi connectivity index (χ1n) is 5.66. The average molecular weight is 224 g/mol. The summed E-state index contributed by atoms with van der Waals surface area (Å²) in [4.78, 5) is 6.11. The van der Waals surface area contributed by atoms with E-state index in [0.29, 0.717) is 12.2 Å². The molecule has 0 aromatic carbocycles. The molecule has 0 bridgehead atoms. The third-order valence-electron chi connectivity index (χ3n) is 2.93. The van der Waals surface area contributed by atoms with Gasteiger partial charge in [-0.2, -0.15) is 0 Å². The summed E-state index contributed by atoms with van der Waals surface area (Å²) in [5.74, 6) is -0.160. The second-order valence-electron chi connectivity index (χ2n) is 4.60. The first-order valence-corrected chi connectivity index (χ1v) is 5.66. The molecular formula is C12H17FN2O. The fourth-order valence-corrected chi connectivity index (χ4v) is 2.01. The molecule has 0 amide bonds. The van der Waals surface area contributed by atoms with Crippen molar-refractivity contribution in [1.82, 2.24) is 4.98 Å². The van der Waals surface area contributed by atoms with Gasteiger partial charge in [0.05, 0.1) is 23.7 Å². The Balaban J connectivity index is 2.21. The van der Waals surface area contributed by atoms with Gasteiger partial charge in [0.1, 0.15) is 5.82 Å². The van der Waals surface area contributed by atoms with Crippen LogP contribution in [-0.4, -0.2) is 29.3 Å². The van der Waals surface area contributed by atoms with E-state index < -0.39 is 0 Å². The third kappa shape index (κ3) is 2.16. The molecule has 1 aromatic heterocycles. The summed E-state index contributed by atoms with van der Waals surface area (Å²) < 4.78 is 13.7. The van der Waals surface area contributed by atoms with Crippen molar-refractivity contribution in [2.45, 2.75) is 32.3 Å². The van der Waals surface area contributed by atoms with Crippen LogP contribution in [0.4, 0.5) is 10.1 Å². The highest BCUT2D eigenvalue weighted by Gasteiger charge is 2.21. The van der Waals surface area contributed by atoms with Crippen LogP contribution in [0.5, 0.6) is 0 Å². The van der Waals surface area contributed by atoms with E-state index in [2.05, 4.69) is 4.98 Å². The molecule has 2 heterocycles. The van der Waals surface area contributed by atoms with Gasteiger partial charge in [0.2, 0.25) is 0 Å². The summed E-state index contributed by atoms with van der Waals surface area (Å²) >= 11 is 0. The molecule has 1 aliphatic heterocycles. The number of aromatic nitrogens is 1. The van der Waals surface area contributed by atoms with Gasteiger partial charge in [-0.15, -0.1) is 0 Å². The summed E-state index contributed by atoms with van der Waals surface area (Å²) in [6, 6.07) is 1.51. The number of pyridine rings is 1. The van der Waals surface area contributed by atoms with Crippen molar-refractivity contribution in [3.05, 3.63) is 23.8 Å². The maximum atomic E-state index is 13.7. The molecule has 1 N–H and O–H groups in total. The van der Waals surface area contributed by atoms with Crippen LogP contribution >= 0.6 is 0 Å². The van der Waals surface area contributed by atoms with Crippen molar-refractivity contribution in [2.75, 3.05) is 18.0 Å². The van der Waals surface area contributed by atoms with E-state index in [9.17, 15) is 9.50 Å². The highest BCUT2D eigenvalue weighted by atomic mass is 19.1. The van der Waals surface area contributed by atoms with Crippen LogP contribution < -0.4 is 4.90 Å². The predicted molar refractivity (Wildman–Crippen MR) is 61.1 cm³/mol. The molecule has 4 heteroatoms. The first-order chi connectivity index (χ1) is 7.58. The second-order valence-corrected chi connectivity index (χ2v) is 4.60. The van der Waals surface area contributed by atoms with Gasteiger partial charge in [-0.3, -0.25) is 4.98 Å². The molecule has 1 aliphatic rings. The summed E-state index contributed by atoms with van der Waals surface area (Å²) in [5, 5.41) is 9.42. The lowest BCUT2D eigenvalue weighted by molar-refractivity contribution is 0.198. The van der Waals surface area contributed by atoms with Crippen LogP contribution in [0.2, 0.25) is 0 Å². The predicted octanol–water partition coefficient (Wildman–Crippen LogP) is 1.92. The summed E-state index contributed by atoms with van der Waals surface area (Å²) in [7, 11) is 0. The van der Waals surface area contributed by atoms with Crippen LogP contribution in [0, 0.1) is 5.82 Å². The van der Waals surface area contributed by atoms with Crippen LogP contribution in [0.15, 0.2) is 12.3 Å². The zero-order valence-corrected chi connectivity index (χ0v) is 9.65. The topological polar surface area (TPSA) is 36.4 Å². The van der Waals surface area contributed by atoms with Crippen LogP contribution in [0.3, 0.4) is 0 Å². The fraction of sp³-hybridized carbons (Fsp3) is 0.583. The number of β-amino-alcohol motifs (C(OH)–C–C–N with tert-alkyl or cyclic N) is 1. The Morgan fingerprint density at radius 3 is 2.81 bits per heavy atom.